The van der Waals surface area contributed by atoms with Crippen molar-refractivity contribution in [1.29, 1.82) is 0 Å². The summed E-state index contributed by atoms with van der Waals surface area (Å²) in [6, 6.07) is 8.39. The van der Waals surface area contributed by atoms with E-state index in [2.05, 4.69) is 43.6 Å². The van der Waals surface area contributed by atoms with Gasteiger partial charge in [0.05, 0.1) is 0 Å². The summed E-state index contributed by atoms with van der Waals surface area (Å²) in [4.78, 5) is 0. The SMILES string of the molecule is [CH2]NCc1cccc(C)c1. The van der Waals surface area contributed by atoms with Crippen LogP contribution in [-0.4, -0.2) is 0 Å². The Morgan fingerprint density at radius 1 is 1.50 bits per heavy atom. The first-order chi connectivity index (χ1) is 4.83. The summed E-state index contributed by atoms with van der Waals surface area (Å²) in [6.45, 7) is 2.94. The second-order valence-electron chi connectivity index (χ2n) is 2.42. The average molecular weight is 134 g/mol. The summed E-state index contributed by atoms with van der Waals surface area (Å²) in [7, 11) is 3.56. The second-order valence-corrected chi connectivity index (χ2v) is 2.42. The molecule has 0 bridgehead atoms. The van der Waals surface area contributed by atoms with E-state index in [1.54, 1.807) is 0 Å². The van der Waals surface area contributed by atoms with Gasteiger partial charge in [-0.1, -0.05) is 29.8 Å². The largest absolute Gasteiger partial charge is 0.311 e. The minimum Gasteiger partial charge on any atom is -0.311 e. The molecular formula is C9H12N. The van der Waals surface area contributed by atoms with Crippen molar-refractivity contribution in [3.05, 3.63) is 42.4 Å². The van der Waals surface area contributed by atoms with Gasteiger partial charge in [-0.05, 0) is 12.5 Å². The van der Waals surface area contributed by atoms with Crippen LogP contribution >= 0.6 is 0 Å². The average Bonchev–Trinajstić information content (AvgIpc) is 1.88. The van der Waals surface area contributed by atoms with Crippen molar-refractivity contribution < 1.29 is 0 Å². The highest BCUT2D eigenvalue weighted by Gasteiger charge is 1.88. The molecule has 10 heavy (non-hydrogen) atoms. The highest BCUT2D eigenvalue weighted by molar-refractivity contribution is 5.21. The molecular weight excluding hydrogens is 122 g/mol. The van der Waals surface area contributed by atoms with E-state index < -0.39 is 0 Å². The van der Waals surface area contributed by atoms with E-state index in [4.69, 9.17) is 0 Å². The van der Waals surface area contributed by atoms with Crippen LogP contribution in [0.1, 0.15) is 11.1 Å². The van der Waals surface area contributed by atoms with E-state index in [-0.39, 0.29) is 0 Å². The summed E-state index contributed by atoms with van der Waals surface area (Å²) in [5.41, 5.74) is 2.59. The summed E-state index contributed by atoms with van der Waals surface area (Å²) >= 11 is 0. The maximum atomic E-state index is 3.56. The third kappa shape index (κ3) is 1.85. The number of benzene rings is 1. The topological polar surface area (TPSA) is 12.0 Å². The molecule has 1 aromatic carbocycles. The third-order valence-corrected chi connectivity index (χ3v) is 1.41. The van der Waals surface area contributed by atoms with Gasteiger partial charge in [0.25, 0.3) is 0 Å². The maximum absolute atomic E-state index is 3.56. The van der Waals surface area contributed by atoms with Gasteiger partial charge in [-0.3, -0.25) is 0 Å². The van der Waals surface area contributed by atoms with Gasteiger partial charge in [0.15, 0.2) is 0 Å². The lowest BCUT2D eigenvalue weighted by molar-refractivity contribution is 0.865. The number of aryl methyl sites for hydroxylation is 1. The Balaban J connectivity index is 2.75. The predicted molar refractivity (Wildman–Crippen MR) is 43.4 cm³/mol. The molecule has 1 N–H and O–H groups in total. The fourth-order valence-electron chi connectivity index (χ4n) is 0.966. The van der Waals surface area contributed by atoms with E-state index in [9.17, 15) is 0 Å². The molecule has 1 rings (SSSR count). The van der Waals surface area contributed by atoms with Crippen molar-refractivity contribution in [3.8, 4) is 0 Å². The van der Waals surface area contributed by atoms with Crippen LogP contribution in [0.15, 0.2) is 24.3 Å². The molecule has 0 fully saturated rings. The zero-order valence-electron chi connectivity index (χ0n) is 6.22. The summed E-state index contributed by atoms with van der Waals surface area (Å²) < 4.78 is 0. The van der Waals surface area contributed by atoms with E-state index >= 15 is 0 Å². The number of nitrogens with one attached hydrogen (secondary N) is 1. The summed E-state index contributed by atoms with van der Waals surface area (Å²) in [5, 5.41) is 2.86. The van der Waals surface area contributed by atoms with Crippen molar-refractivity contribution in [1.82, 2.24) is 5.32 Å². The van der Waals surface area contributed by atoms with Gasteiger partial charge >= 0.3 is 0 Å². The molecule has 0 aromatic heterocycles. The molecule has 53 valence electrons. The van der Waals surface area contributed by atoms with Crippen LogP contribution in [0, 0.1) is 14.0 Å². The first kappa shape index (κ1) is 7.29. The van der Waals surface area contributed by atoms with Crippen molar-refractivity contribution in [3.63, 3.8) is 0 Å². The molecule has 0 aliphatic heterocycles. The number of hydrogen-bond acceptors (Lipinski definition) is 1. The maximum Gasteiger partial charge on any atom is 0.0206 e. The van der Waals surface area contributed by atoms with E-state index in [0.717, 1.165) is 6.54 Å². The fraction of sp³-hybridized carbons (Fsp3) is 0.222. The molecule has 0 saturated carbocycles. The minimum absolute atomic E-state index is 0.849. The number of hydrogen-bond donors (Lipinski definition) is 1. The quantitative estimate of drug-likeness (QED) is 0.651. The molecule has 1 heteroatoms. The lowest BCUT2D eigenvalue weighted by Gasteiger charge is -1.99. The highest BCUT2D eigenvalue weighted by Crippen LogP contribution is 2.02. The molecule has 0 heterocycles. The Labute approximate surface area is 62.1 Å². The van der Waals surface area contributed by atoms with Crippen LogP contribution in [0.3, 0.4) is 0 Å². The molecule has 0 saturated heterocycles. The normalized spacial score (nSPS) is 9.80. The molecule has 0 unspecified atom stereocenters. The van der Waals surface area contributed by atoms with Gasteiger partial charge in [-0.2, -0.15) is 0 Å². The molecule has 0 spiro atoms. The Hall–Kier alpha value is -0.820. The van der Waals surface area contributed by atoms with Crippen LogP contribution in [0.5, 0.6) is 0 Å². The number of rotatable bonds is 2. The van der Waals surface area contributed by atoms with Crippen LogP contribution in [-0.2, 0) is 6.54 Å². The Bertz CT molecular complexity index is 206. The molecule has 0 atom stereocenters. The third-order valence-electron chi connectivity index (χ3n) is 1.41. The van der Waals surface area contributed by atoms with Crippen molar-refractivity contribution in [2.75, 3.05) is 0 Å². The predicted octanol–water partition coefficient (Wildman–Crippen LogP) is 1.88. The van der Waals surface area contributed by atoms with E-state index in [1.165, 1.54) is 11.1 Å². The first-order valence-corrected chi connectivity index (χ1v) is 3.38. The standard InChI is InChI=1S/C9H12N/c1-8-4-3-5-9(6-8)7-10-2/h3-6,10H,2,7H2,1H3. The smallest absolute Gasteiger partial charge is 0.0206 e. The monoisotopic (exact) mass is 134 g/mol. The molecule has 0 aliphatic rings. The Morgan fingerprint density at radius 3 is 2.90 bits per heavy atom. The van der Waals surface area contributed by atoms with E-state index in [0.29, 0.717) is 0 Å². The minimum atomic E-state index is 0.849. The van der Waals surface area contributed by atoms with Crippen molar-refractivity contribution >= 4 is 0 Å². The Kier molecular flexibility index (Phi) is 2.46. The molecule has 0 aliphatic carbocycles. The molecule has 1 aromatic rings. The zero-order valence-corrected chi connectivity index (χ0v) is 6.22. The lowest BCUT2D eigenvalue weighted by Crippen LogP contribution is -2.01. The lowest BCUT2D eigenvalue weighted by atomic mass is 10.1. The molecule has 1 radical (unpaired) electrons. The van der Waals surface area contributed by atoms with Gasteiger partial charge in [0.2, 0.25) is 0 Å². The van der Waals surface area contributed by atoms with Gasteiger partial charge in [0.1, 0.15) is 0 Å². The van der Waals surface area contributed by atoms with Crippen LogP contribution in [0.25, 0.3) is 0 Å². The summed E-state index contributed by atoms with van der Waals surface area (Å²) in [6.07, 6.45) is 0. The van der Waals surface area contributed by atoms with Gasteiger partial charge in [-0.25, -0.2) is 0 Å². The van der Waals surface area contributed by atoms with Crippen LogP contribution < -0.4 is 5.32 Å². The van der Waals surface area contributed by atoms with Gasteiger partial charge in [0, 0.05) is 13.6 Å². The van der Waals surface area contributed by atoms with Gasteiger partial charge in [-0.15, -0.1) is 0 Å². The molecule has 1 nitrogen and oxygen atoms in total. The highest BCUT2D eigenvalue weighted by atomic mass is 14.8. The first-order valence-electron chi connectivity index (χ1n) is 3.38. The van der Waals surface area contributed by atoms with E-state index in [1.807, 2.05) is 0 Å². The zero-order chi connectivity index (χ0) is 7.40. The van der Waals surface area contributed by atoms with Crippen LogP contribution in [0.4, 0.5) is 0 Å². The fourth-order valence-corrected chi connectivity index (χ4v) is 0.966. The van der Waals surface area contributed by atoms with Crippen molar-refractivity contribution in [2.45, 2.75) is 13.5 Å². The summed E-state index contributed by atoms with van der Waals surface area (Å²) in [5.74, 6) is 0. The second kappa shape index (κ2) is 3.37. The van der Waals surface area contributed by atoms with Crippen molar-refractivity contribution in [2.24, 2.45) is 0 Å². The molecule has 0 amide bonds. The van der Waals surface area contributed by atoms with Gasteiger partial charge < -0.3 is 5.32 Å². The van der Waals surface area contributed by atoms with Crippen LogP contribution in [0.2, 0.25) is 0 Å². The Morgan fingerprint density at radius 2 is 2.30 bits per heavy atom.